The molecule has 2 aromatic rings. The number of oxazole rings is 1. The Kier molecular flexibility index (Phi) is 4.47. The van der Waals surface area contributed by atoms with E-state index >= 15 is 0 Å². The fraction of sp³-hybridized carbons (Fsp3) is 0.562. The molecule has 1 unspecified atom stereocenters. The molecule has 1 amide bonds. The number of aromatic nitrogens is 3. The zero-order valence-corrected chi connectivity index (χ0v) is 13.9. The normalized spacial score (nSPS) is 19.0. The summed E-state index contributed by atoms with van der Waals surface area (Å²) < 4.78 is 6.97. The van der Waals surface area contributed by atoms with Crippen LogP contribution in [-0.2, 0) is 13.6 Å². The Bertz CT molecular complexity index is 671. The number of piperidine rings is 1. The highest BCUT2D eigenvalue weighted by Crippen LogP contribution is 2.14. The van der Waals surface area contributed by atoms with Crippen molar-refractivity contribution in [2.45, 2.75) is 39.3 Å². The number of hydrogen-bond donors (Lipinski definition) is 1. The van der Waals surface area contributed by atoms with Crippen molar-refractivity contribution < 1.29 is 9.21 Å². The second kappa shape index (κ2) is 6.54. The van der Waals surface area contributed by atoms with Gasteiger partial charge in [-0.2, -0.15) is 5.10 Å². The van der Waals surface area contributed by atoms with Gasteiger partial charge in [0.05, 0.1) is 5.69 Å². The third kappa shape index (κ3) is 3.79. The van der Waals surface area contributed by atoms with Gasteiger partial charge in [0.2, 0.25) is 0 Å². The standard InChI is InChI=1S/C16H23N5O2/c1-11-7-15(19-20(11)3)16(22)18-13-5-4-6-21(8-13)9-14-10-23-12(2)17-14/h7,10,13H,4-6,8-9H2,1-3H3,(H,18,22). The molecule has 1 fully saturated rings. The largest absolute Gasteiger partial charge is 0.449 e. The average molecular weight is 317 g/mol. The van der Waals surface area contributed by atoms with Gasteiger partial charge in [0.15, 0.2) is 5.89 Å². The minimum Gasteiger partial charge on any atom is -0.449 e. The van der Waals surface area contributed by atoms with Crippen LogP contribution in [0.15, 0.2) is 16.7 Å². The molecule has 1 aliphatic heterocycles. The highest BCUT2D eigenvalue weighted by atomic mass is 16.3. The Morgan fingerprint density at radius 3 is 2.96 bits per heavy atom. The van der Waals surface area contributed by atoms with Crippen LogP contribution in [0.3, 0.4) is 0 Å². The number of nitrogens with zero attached hydrogens (tertiary/aromatic N) is 4. The van der Waals surface area contributed by atoms with Crippen LogP contribution >= 0.6 is 0 Å². The molecule has 0 aromatic carbocycles. The first-order valence-electron chi connectivity index (χ1n) is 7.96. The van der Waals surface area contributed by atoms with Crippen LogP contribution in [0.1, 0.15) is 40.6 Å². The quantitative estimate of drug-likeness (QED) is 0.923. The molecule has 0 spiro atoms. The molecule has 1 saturated heterocycles. The number of aryl methyl sites for hydroxylation is 3. The minimum absolute atomic E-state index is 0.0992. The number of rotatable bonds is 4. The molecule has 0 saturated carbocycles. The molecule has 3 heterocycles. The van der Waals surface area contributed by atoms with Crippen molar-refractivity contribution in [2.24, 2.45) is 7.05 Å². The van der Waals surface area contributed by atoms with Gasteiger partial charge < -0.3 is 9.73 Å². The molecule has 0 aliphatic carbocycles. The zero-order valence-electron chi connectivity index (χ0n) is 13.9. The van der Waals surface area contributed by atoms with Crippen LogP contribution < -0.4 is 5.32 Å². The topological polar surface area (TPSA) is 76.2 Å². The van der Waals surface area contributed by atoms with Gasteiger partial charge in [-0.1, -0.05) is 0 Å². The number of hydrogen-bond acceptors (Lipinski definition) is 5. The van der Waals surface area contributed by atoms with Gasteiger partial charge in [-0.15, -0.1) is 0 Å². The highest BCUT2D eigenvalue weighted by molar-refractivity contribution is 5.92. The maximum Gasteiger partial charge on any atom is 0.272 e. The SMILES string of the molecule is Cc1nc(CN2CCCC(NC(=O)c3cc(C)n(C)n3)C2)co1. The van der Waals surface area contributed by atoms with E-state index in [4.69, 9.17) is 4.42 Å². The second-order valence-electron chi connectivity index (χ2n) is 6.20. The molecule has 2 aromatic heterocycles. The van der Waals surface area contributed by atoms with Gasteiger partial charge >= 0.3 is 0 Å². The van der Waals surface area contributed by atoms with Crippen molar-refractivity contribution in [1.29, 1.82) is 0 Å². The molecule has 0 bridgehead atoms. The summed E-state index contributed by atoms with van der Waals surface area (Å²) in [6.45, 7) is 6.38. The predicted molar refractivity (Wildman–Crippen MR) is 85.0 cm³/mol. The first-order chi connectivity index (χ1) is 11.0. The fourth-order valence-electron chi connectivity index (χ4n) is 2.96. The van der Waals surface area contributed by atoms with Crippen LogP contribution in [0.5, 0.6) is 0 Å². The molecule has 1 N–H and O–H groups in total. The van der Waals surface area contributed by atoms with E-state index in [0.717, 1.165) is 43.9 Å². The lowest BCUT2D eigenvalue weighted by Gasteiger charge is -2.32. The Balaban J connectivity index is 1.56. The molecule has 124 valence electrons. The fourth-order valence-corrected chi connectivity index (χ4v) is 2.96. The van der Waals surface area contributed by atoms with E-state index in [2.05, 4.69) is 20.3 Å². The van der Waals surface area contributed by atoms with Gasteiger partial charge in [0.1, 0.15) is 12.0 Å². The lowest BCUT2D eigenvalue weighted by molar-refractivity contribution is 0.0894. The lowest BCUT2D eigenvalue weighted by Crippen LogP contribution is -2.47. The molecule has 3 rings (SSSR count). The molecular formula is C16H23N5O2. The number of carbonyl (C=O) groups excluding carboxylic acids is 1. The van der Waals surface area contributed by atoms with Gasteiger partial charge in [0.25, 0.3) is 5.91 Å². The smallest absolute Gasteiger partial charge is 0.272 e. The van der Waals surface area contributed by atoms with Gasteiger partial charge in [0, 0.05) is 38.8 Å². The van der Waals surface area contributed by atoms with Crippen molar-refractivity contribution in [3.8, 4) is 0 Å². The molecular weight excluding hydrogens is 294 g/mol. The van der Waals surface area contributed by atoms with E-state index < -0.39 is 0 Å². The Labute approximate surface area is 135 Å². The van der Waals surface area contributed by atoms with E-state index in [1.165, 1.54) is 0 Å². The summed E-state index contributed by atoms with van der Waals surface area (Å²) >= 11 is 0. The summed E-state index contributed by atoms with van der Waals surface area (Å²) in [5, 5.41) is 7.33. The maximum absolute atomic E-state index is 12.3. The van der Waals surface area contributed by atoms with E-state index in [9.17, 15) is 4.79 Å². The molecule has 1 aliphatic rings. The minimum atomic E-state index is -0.0992. The third-order valence-electron chi connectivity index (χ3n) is 4.24. The van der Waals surface area contributed by atoms with Crippen LogP contribution in [0, 0.1) is 13.8 Å². The van der Waals surface area contributed by atoms with E-state index in [1.807, 2.05) is 27.0 Å². The third-order valence-corrected chi connectivity index (χ3v) is 4.24. The zero-order chi connectivity index (χ0) is 16.4. The predicted octanol–water partition coefficient (Wildman–Crippen LogP) is 1.42. The number of carbonyl (C=O) groups is 1. The summed E-state index contributed by atoms with van der Waals surface area (Å²) in [5.74, 6) is 0.588. The van der Waals surface area contributed by atoms with Crippen LogP contribution in [0.2, 0.25) is 0 Å². The monoisotopic (exact) mass is 317 g/mol. The van der Waals surface area contributed by atoms with E-state index in [0.29, 0.717) is 11.6 Å². The Hall–Kier alpha value is -2.15. The number of amides is 1. The van der Waals surface area contributed by atoms with E-state index in [-0.39, 0.29) is 11.9 Å². The summed E-state index contributed by atoms with van der Waals surface area (Å²) in [4.78, 5) is 19.0. The van der Waals surface area contributed by atoms with Gasteiger partial charge in [-0.05, 0) is 32.4 Å². The summed E-state index contributed by atoms with van der Waals surface area (Å²) in [6, 6.07) is 1.96. The lowest BCUT2D eigenvalue weighted by atomic mass is 10.1. The van der Waals surface area contributed by atoms with E-state index in [1.54, 1.807) is 10.9 Å². The number of nitrogens with one attached hydrogen (secondary N) is 1. The molecule has 7 nitrogen and oxygen atoms in total. The molecule has 0 radical (unpaired) electrons. The van der Waals surface area contributed by atoms with Crippen LogP contribution in [0.25, 0.3) is 0 Å². The van der Waals surface area contributed by atoms with Gasteiger partial charge in [-0.3, -0.25) is 14.4 Å². The van der Waals surface area contributed by atoms with Crippen molar-refractivity contribution in [2.75, 3.05) is 13.1 Å². The first-order valence-corrected chi connectivity index (χ1v) is 7.96. The Morgan fingerprint density at radius 1 is 1.48 bits per heavy atom. The molecule has 1 atom stereocenters. The summed E-state index contributed by atoms with van der Waals surface area (Å²) in [5.41, 5.74) is 2.39. The van der Waals surface area contributed by atoms with Crippen molar-refractivity contribution in [3.63, 3.8) is 0 Å². The summed E-state index contributed by atoms with van der Waals surface area (Å²) in [6.07, 6.45) is 3.75. The van der Waals surface area contributed by atoms with Gasteiger partial charge in [-0.25, -0.2) is 4.98 Å². The van der Waals surface area contributed by atoms with Crippen LogP contribution in [0.4, 0.5) is 0 Å². The van der Waals surface area contributed by atoms with Crippen molar-refractivity contribution >= 4 is 5.91 Å². The maximum atomic E-state index is 12.3. The van der Waals surface area contributed by atoms with Crippen molar-refractivity contribution in [3.05, 3.63) is 35.3 Å². The summed E-state index contributed by atoms with van der Waals surface area (Å²) in [7, 11) is 1.84. The molecule has 23 heavy (non-hydrogen) atoms. The second-order valence-corrected chi connectivity index (χ2v) is 6.20. The average Bonchev–Trinajstić information content (AvgIpc) is 3.06. The Morgan fingerprint density at radius 2 is 2.30 bits per heavy atom. The first kappa shape index (κ1) is 15.7. The van der Waals surface area contributed by atoms with Crippen molar-refractivity contribution in [1.82, 2.24) is 25.0 Å². The van der Waals surface area contributed by atoms with Crippen LogP contribution in [-0.4, -0.2) is 44.7 Å². The molecule has 7 heteroatoms. The number of likely N-dealkylation sites (tertiary alicyclic amines) is 1. The highest BCUT2D eigenvalue weighted by Gasteiger charge is 2.23.